The van der Waals surface area contributed by atoms with E-state index in [0.717, 1.165) is 38.8 Å². The molecule has 0 N–H and O–H groups in total. The molecule has 0 bridgehead atoms. The molecule has 0 aliphatic heterocycles. The number of aromatic nitrogens is 4. The van der Waals surface area contributed by atoms with Gasteiger partial charge < -0.3 is 4.74 Å². The number of hydrogen-bond acceptors (Lipinski definition) is 4. The van der Waals surface area contributed by atoms with Crippen LogP contribution < -0.4 is 0 Å². The quantitative estimate of drug-likeness (QED) is 0.260. The van der Waals surface area contributed by atoms with Crippen molar-refractivity contribution < 1.29 is 4.74 Å². The van der Waals surface area contributed by atoms with Crippen molar-refractivity contribution in [2.75, 3.05) is 0 Å². The van der Waals surface area contributed by atoms with Crippen molar-refractivity contribution in [2.24, 2.45) is 0 Å². The largest absolute Gasteiger partial charge is 0.370 e. The molecule has 170 valence electrons. The van der Waals surface area contributed by atoms with Gasteiger partial charge in [-0.1, -0.05) is 102 Å². The van der Waals surface area contributed by atoms with Gasteiger partial charge in [0.25, 0.3) is 0 Å². The summed E-state index contributed by atoms with van der Waals surface area (Å²) in [4.78, 5) is 5.06. The molecule has 0 atom stereocenters. The minimum atomic E-state index is 0.396. The van der Waals surface area contributed by atoms with E-state index in [-0.39, 0.29) is 0 Å². The third-order valence-electron chi connectivity index (χ3n) is 6.14. The van der Waals surface area contributed by atoms with E-state index in [4.69, 9.17) is 9.72 Å². The third kappa shape index (κ3) is 4.54. The Morgan fingerprint density at radius 3 is 2.34 bits per heavy atom. The van der Waals surface area contributed by atoms with Gasteiger partial charge in [-0.2, -0.15) is 0 Å². The standard InChI is InChI=1S/C30H24N4O/c1-3-9-22(10-4-1)18-34-19-26(32-33-34)21-35-20-25-17-29(24-12-5-2-6-13-24)31-30-27-14-8-7-11-23(27)15-16-28(25)30/h1-17,19H,18,20-21H2. The lowest BCUT2D eigenvalue weighted by atomic mass is 10.0. The summed E-state index contributed by atoms with van der Waals surface area (Å²) < 4.78 is 7.98. The zero-order chi connectivity index (χ0) is 23.5. The van der Waals surface area contributed by atoms with Gasteiger partial charge in [-0.15, -0.1) is 5.10 Å². The van der Waals surface area contributed by atoms with Crippen LogP contribution in [0.3, 0.4) is 0 Å². The molecule has 5 heteroatoms. The molecule has 6 rings (SSSR count). The van der Waals surface area contributed by atoms with Gasteiger partial charge in [0, 0.05) is 16.3 Å². The molecule has 0 saturated heterocycles. The van der Waals surface area contributed by atoms with E-state index in [9.17, 15) is 0 Å². The Balaban J connectivity index is 1.27. The van der Waals surface area contributed by atoms with E-state index >= 15 is 0 Å². The molecule has 0 amide bonds. The Morgan fingerprint density at radius 1 is 0.714 bits per heavy atom. The van der Waals surface area contributed by atoms with Crippen LogP contribution in [0.2, 0.25) is 0 Å². The normalized spacial score (nSPS) is 11.3. The highest BCUT2D eigenvalue weighted by molar-refractivity contribution is 6.06. The van der Waals surface area contributed by atoms with Gasteiger partial charge >= 0.3 is 0 Å². The Kier molecular flexibility index (Phi) is 5.75. The van der Waals surface area contributed by atoms with Crippen LogP contribution >= 0.6 is 0 Å². The molecule has 6 aromatic rings. The van der Waals surface area contributed by atoms with Gasteiger partial charge in [0.2, 0.25) is 0 Å². The summed E-state index contributed by atoms with van der Waals surface area (Å²) in [5, 5.41) is 12.0. The highest BCUT2D eigenvalue weighted by Crippen LogP contribution is 2.30. The second-order valence-electron chi connectivity index (χ2n) is 8.60. The second-order valence-corrected chi connectivity index (χ2v) is 8.60. The predicted molar refractivity (Wildman–Crippen MR) is 139 cm³/mol. The molecule has 0 aliphatic rings. The highest BCUT2D eigenvalue weighted by Gasteiger charge is 2.11. The van der Waals surface area contributed by atoms with Gasteiger partial charge in [0.15, 0.2) is 0 Å². The number of pyridine rings is 1. The van der Waals surface area contributed by atoms with Crippen molar-refractivity contribution in [3.8, 4) is 11.3 Å². The van der Waals surface area contributed by atoms with Crippen molar-refractivity contribution in [3.05, 3.63) is 126 Å². The van der Waals surface area contributed by atoms with E-state index in [0.29, 0.717) is 19.8 Å². The summed E-state index contributed by atoms with van der Waals surface area (Å²) in [7, 11) is 0. The first-order chi connectivity index (χ1) is 17.3. The predicted octanol–water partition coefficient (Wildman–Crippen LogP) is 6.41. The summed E-state index contributed by atoms with van der Waals surface area (Å²) in [5.74, 6) is 0. The molecule has 0 aliphatic carbocycles. The lowest BCUT2D eigenvalue weighted by molar-refractivity contribution is 0.105. The van der Waals surface area contributed by atoms with Crippen LogP contribution in [-0.4, -0.2) is 20.0 Å². The monoisotopic (exact) mass is 456 g/mol. The number of ether oxygens (including phenoxy) is 1. The van der Waals surface area contributed by atoms with E-state index in [2.05, 4.69) is 77.0 Å². The zero-order valence-corrected chi connectivity index (χ0v) is 19.2. The number of nitrogens with zero attached hydrogens (tertiary/aromatic N) is 4. The maximum absolute atomic E-state index is 6.14. The fourth-order valence-corrected chi connectivity index (χ4v) is 4.42. The smallest absolute Gasteiger partial charge is 0.108 e. The summed E-state index contributed by atoms with van der Waals surface area (Å²) in [6.45, 7) is 1.55. The van der Waals surface area contributed by atoms with Crippen molar-refractivity contribution >= 4 is 21.7 Å². The molecule has 0 saturated carbocycles. The van der Waals surface area contributed by atoms with Crippen LogP contribution in [0, 0.1) is 0 Å². The first-order valence-corrected chi connectivity index (χ1v) is 11.7. The van der Waals surface area contributed by atoms with E-state index in [1.165, 1.54) is 10.9 Å². The van der Waals surface area contributed by atoms with Gasteiger partial charge in [0.05, 0.1) is 37.2 Å². The SMILES string of the molecule is c1ccc(Cn2cc(COCc3cc(-c4ccccc4)nc4c3ccc3ccccc34)nn2)cc1. The first-order valence-electron chi connectivity index (χ1n) is 11.7. The Labute approximate surface area is 203 Å². The average Bonchev–Trinajstić information content (AvgIpc) is 3.36. The van der Waals surface area contributed by atoms with Gasteiger partial charge in [-0.3, -0.25) is 0 Å². The van der Waals surface area contributed by atoms with E-state index in [1.54, 1.807) is 0 Å². The molecule has 0 unspecified atom stereocenters. The molecule has 0 radical (unpaired) electrons. The molecular weight excluding hydrogens is 432 g/mol. The van der Waals surface area contributed by atoms with E-state index in [1.807, 2.05) is 47.3 Å². The van der Waals surface area contributed by atoms with Crippen molar-refractivity contribution in [1.82, 2.24) is 20.0 Å². The highest BCUT2D eigenvalue weighted by atomic mass is 16.5. The van der Waals surface area contributed by atoms with Crippen LogP contribution in [0.15, 0.2) is 109 Å². The van der Waals surface area contributed by atoms with Gasteiger partial charge in [0.1, 0.15) is 5.69 Å². The zero-order valence-electron chi connectivity index (χ0n) is 19.2. The Morgan fingerprint density at radius 2 is 1.49 bits per heavy atom. The van der Waals surface area contributed by atoms with Crippen molar-refractivity contribution in [2.45, 2.75) is 19.8 Å². The molecule has 0 fully saturated rings. The van der Waals surface area contributed by atoms with E-state index < -0.39 is 0 Å². The van der Waals surface area contributed by atoms with Gasteiger partial charge in [-0.05, 0) is 22.6 Å². The minimum absolute atomic E-state index is 0.396. The maximum Gasteiger partial charge on any atom is 0.108 e. The van der Waals surface area contributed by atoms with Crippen LogP contribution in [0.4, 0.5) is 0 Å². The minimum Gasteiger partial charge on any atom is -0.370 e. The summed E-state index contributed by atoms with van der Waals surface area (Å²) in [5.41, 5.74) is 6.14. The van der Waals surface area contributed by atoms with Crippen LogP contribution in [0.25, 0.3) is 32.9 Å². The number of hydrogen-bond donors (Lipinski definition) is 0. The number of benzene rings is 4. The lowest BCUT2D eigenvalue weighted by Crippen LogP contribution is -2.00. The average molecular weight is 457 g/mol. The molecule has 4 aromatic carbocycles. The van der Waals surface area contributed by atoms with Crippen LogP contribution in [-0.2, 0) is 24.5 Å². The molecular formula is C30H24N4O. The number of fused-ring (bicyclic) bond motifs is 3. The lowest BCUT2D eigenvalue weighted by Gasteiger charge is -2.12. The molecule has 2 heterocycles. The fraction of sp³-hybridized carbons (Fsp3) is 0.100. The third-order valence-corrected chi connectivity index (χ3v) is 6.14. The van der Waals surface area contributed by atoms with Gasteiger partial charge in [-0.25, -0.2) is 9.67 Å². The fourth-order valence-electron chi connectivity index (χ4n) is 4.42. The summed E-state index contributed by atoms with van der Waals surface area (Å²) in [6, 6.07) is 35.3. The summed E-state index contributed by atoms with van der Waals surface area (Å²) >= 11 is 0. The molecule has 2 aromatic heterocycles. The van der Waals surface area contributed by atoms with Crippen molar-refractivity contribution in [3.63, 3.8) is 0 Å². The Hall–Kier alpha value is -4.35. The molecule has 35 heavy (non-hydrogen) atoms. The summed E-state index contributed by atoms with van der Waals surface area (Å²) in [6.07, 6.45) is 1.95. The second kappa shape index (κ2) is 9.49. The Bertz CT molecular complexity index is 1590. The molecule has 0 spiro atoms. The topological polar surface area (TPSA) is 52.8 Å². The van der Waals surface area contributed by atoms with Crippen LogP contribution in [0.1, 0.15) is 16.8 Å². The molecule has 5 nitrogen and oxygen atoms in total. The van der Waals surface area contributed by atoms with Crippen LogP contribution in [0.5, 0.6) is 0 Å². The number of rotatable bonds is 7. The maximum atomic E-state index is 6.14. The first kappa shape index (κ1) is 21.2. The van der Waals surface area contributed by atoms with Crippen molar-refractivity contribution in [1.29, 1.82) is 0 Å².